The molecule has 4 nitrogen and oxygen atoms in total. The second-order valence-corrected chi connectivity index (χ2v) is 7.16. The van der Waals surface area contributed by atoms with Gasteiger partial charge in [0.15, 0.2) is 0 Å². The topological polar surface area (TPSA) is 54.3 Å². The zero-order valence-electron chi connectivity index (χ0n) is 14.2. The summed E-state index contributed by atoms with van der Waals surface area (Å²) in [5, 5.41) is 12.8. The third kappa shape index (κ3) is 3.96. The van der Waals surface area contributed by atoms with E-state index in [1.54, 1.807) is 12.1 Å². The fourth-order valence-corrected chi connectivity index (χ4v) is 2.62. The molecule has 1 heterocycles. The Morgan fingerprint density at radius 1 is 1.26 bits per heavy atom. The first-order valence-corrected chi connectivity index (χ1v) is 7.98. The molecule has 1 aliphatic rings. The Labute approximate surface area is 143 Å². The maximum atomic E-state index is 9.08. The fourth-order valence-electron chi connectivity index (χ4n) is 2.38. The van der Waals surface area contributed by atoms with Crippen molar-refractivity contribution in [1.82, 2.24) is 5.32 Å². The van der Waals surface area contributed by atoms with Gasteiger partial charge in [-0.05, 0) is 64.0 Å². The van der Waals surface area contributed by atoms with Crippen molar-refractivity contribution in [2.45, 2.75) is 38.9 Å². The van der Waals surface area contributed by atoms with Gasteiger partial charge in [0.25, 0.3) is 0 Å². The van der Waals surface area contributed by atoms with Crippen LogP contribution >= 0.6 is 11.6 Å². The number of nitrogens with zero attached hydrogens (tertiary/aromatic N) is 1. The fraction of sp³-hybridized carbons (Fsp3) is 0.471. The highest BCUT2D eigenvalue weighted by molar-refractivity contribution is 6.56. The summed E-state index contributed by atoms with van der Waals surface area (Å²) in [5.41, 5.74) is 1.56. The maximum Gasteiger partial charge on any atom is 0.491 e. The van der Waals surface area contributed by atoms with E-state index in [0.717, 1.165) is 11.0 Å². The summed E-state index contributed by atoms with van der Waals surface area (Å²) in [6.45, 7) is 8.72. The van der Waals surface area contributed by atoms with Gasteiger partial charge >= 0.3 is 7.12 Å². The second-order valence-electron chi connectivity index (χ2n) is 6.72. The van der Waals surface area contributed by atoms with Crippen LogP contribution in [-0.4, -0.2) is 31.9 Å². The summed E-state index contributed by atoms with van der Waals surface area (Å²) in [6.07, 6.45) is 1.96. The predicted octanol–water partition coefficient (Wildman–Crippen LogP) is 3.45. The van der Waals surface area contributed by atoms with Crippen LogP contribution in [0.5, 0.6) is 0 Å². The van der Waals surface area contributed by atoms with E-state index >= 15 is 0 Å². The smallest absolute Gasteiger partial charge is 0.400 e. The highest BCUT2D eigenvalue weighted by Crippen LogP contribution is 2.38. The normalized spacial score (nSPS) is 19.7. The van der Waals surface area contributed by atoms with Crippen LogP contribution in [0.1, 0.15) is 38.8 Å². The van der Waals surface area contributed by atoms with Gasteiger partial charge < -0.3 is 14.6 Å². The van der Waals surface area contributed by atoms with Gasteiger partial charge in [0.05, 0.1) is 22.8 Å². The van der Waals surface area contributed by atoms with Crippen molar-refractivity contribution in [2.24, 2.45) is 0 Å². The number of hydrogen-bond donors (Lipinski definition) is 1. The number of halogens is 1. The Balaban J connectivity index is 2.36. The van der Waals surface area contributed by atoms with Gasteiger partial charge in [-0.3, -0.25) is 0 Å². The lowest BCUT2D eigenvalue weighted by molar-refractivity contribution is 0.00578. The summed E-state index contributed by atoms with van der Waals surface area (Å²) in [5.74, 6) is 0. The highest BCUT2D eigenvalue weighted by atomic mass is 35.5. The zero-order valence-corrected chi connectivity index (χ0v) is 15.0. The lowest BCUT2D eigenvalue weighted by Gasteiger charge is -2.32. The Morgan fingerprint density at radius 3 is 2.39 bits per heavy atom. The molecule has 0 aliphatic carbocycles. The van der Waals surface area contributed by atoms with Gasteiger partial charge in [-0.1, -0.05) is 17.7 Å². The van der Waals surface area contributed by atoms with Crippen molar-refractivity contribution < 1.29 is 9.31 Å². The molecular formula is C17H22BClN2O2. The molecule has 1 saturated heterocycles. The Hall–Kier alpha value is -1.32. The second kappa shape index (κ2) is 6.66. The van der Waals surface area contributed by atoms with Crippen molar-refractivity contribution in [3.05, 3.63) is 39.8 Å². The quantitative estimate of drug-likeness (QED) is 0.858. The van der Waals surface area contributed by atoms with E-state index in [1.807, 2.05) is 46.9 Å². The van der Waals surface area contributed by atoms with E-state index in [1.165, 1.54) is 0 Å². The van der Waals surface area contributed by atoms with Crippen molar-refractivity contribution in [1.29, 1.82) is 5.26 Å². The first-order chi connectivity index (χ1) is 10.7. The summed E-state index contributed by atoms with van der Waals surface area (Å²) >= 11 is 6.08. The van der Waals surface area contributed by atoms with E-state index < -0.39 is 18.3 Å². The van der Waals surface area contributed by atoms with Crippen LogP contribution in [0.2, 0.25) is 5.02 Å². The lowest BCUT2D eigenvalue weighted by Crippen LogP contribution is -2.41. The molecule has 0 radical (unpaired) electrons. The van der Waals surface area contributed by atoms with E-state index in [0.29, 0.717) is 17.1 Å². The van der Waals surface area contributed by atoms with Crippen LogP contribution in [-0.2, 0) is 9.31 Å². The SMILES string of the molecule is CNCC(=Cc1cc(Cl)cc(C#N)c1)B1OC(C)(C)C(C)(C)O1. The monoisotopic (exact) mass is 332 g/mol. The van der Waals surface area contributed by atoms with Gasteiger partial charge in [-0.25, -0.2) is 0 Å². The molecule has 0 spiro atoms. The molecule has 23 heavy (non-hydrogen) atoms. The molecule has 2 rings (SSSR count). The van der Waals surface area contributed by atoms with Gasteiger partial charge in [0, 0.05) is 11.6 Å². The molecule has 0 unspecified atom stereocenters. The molecule has 0 saturated carbocycles. The predicted molar refractivity (Wildman–Crippen MR) is 94.2 cm³/mol. The average molecular weight is 333 g/mol. The number of benzene rings is 1. The minimum Gasteiger partial charge on any atom is -0.400 e. The van der Waals surface area contributed by atoms with Crippen molar-refractivity contribution in [3.63, 3.8) is 0 Å². The Morgan fingerprint density at radius 2 is 1.87 bits per heavy atom. The summed E-state index contributed by atoms with van der Waals surface area (Å²) < 4.78 is 12.2. The largest absolute Gasteiger partial charge is 0.491 e. The van der Waals surface area contributed by atoms with Crippen LogP contribution in [0.25, 0.3) is 6.08 Å². The molecule has 1 N–H and O–H groups in total. The summed E-state index contributed by atoms with van der Waals surface area (Å²) in [6, 6.07) is 7.38. The number of nitrogens with one attached hydrogen (secondary N) is 1. The molecule has 0 amide bonds. The van der Waals surface area contributed by atoms with Gasteiger partial charge in [0.1, 0.15) is 0 Å². The lowest BCUT2D eigenvalue weighted by atomic mass is 9.77. The summed E-state index contributed by atoms with van der Waals surface area (Å²) in [4.78, 5) is 0. The van der Waals surface area contributed by atoms with Crippen molar-refractivity contribution in [2.75, 3.05) is 13.6 Å². The number of rotatable bonds is 4. The summed E-state index contributed by atoms with van der Waals surface area (Å²) in [7, 11) is 1.44. The third-order valence-corrected chi connectivity index (χ3v) is 4.56. The van der Waals surface area contributed by atoms with Crippen LogP contribution in [0.15, 0.2) is 23.7 Å². The Bertz CT molecular complexity index is 649. The molecule has 1 fully saturated rings. The maximum absolute atomic E-state index is 9.08. The molecule has 0 aromatic heterocycles. The van der Waals surface area contributed by atoms with Crippen LogP contribution in [0, 0.1) is 11.3 Å². The highest BCUT2D eigenvalue weighted by Gasteiger charge is 2.52. The molecule has 1 aliphatic heterocycles. The number of likely N-dealkylation sites (N-methyl/N-ethyl adjacent to an activating group) is 1. The van der Waals surface area contributed by atoms with E-state index in [9.17, 15) is 0 Å². The molecule has 122 valence electrons. The molecule has 1 aromatic carbocycles. The van der Waals surface area contributed by atoms with Crippen molar-refractivity contribution >= 4 is 24.8 Å². The van der Waals surface area contributed by atoms with E-state index in [-0.39, 0.29) is 0 Å². The minimum atomic E-state index is -0.433. The number of nitriles is 1. The molecule has 0 bridgehead atoms. The first-order valence-electron chi connectivity index (χ1n) is 7.60. The van der Waals surface area contributed by atoms with Crippen molar-refractivity contribution in [3.8, 4) is 6.07 Å². The van der Waals surface area contributed by atoms with E-state index in [4.69, 9.17) is 26.2 Å². The zero-order chi connectivity index (χ0) is 17.3. The van der Waals surface area contributed by atoms with Gasteiger partial charge in [-0.15, -0.1) is 0 Å². The molecule has 0 atom stereocenters. The molecule has 1 aromatic rings. The number of hydrogen-bond acceptors (Lipinski definition) is 4. The molecular weight excluding hydrogens is 310 g/mol. The van der Waals surface area contributed by atoms with Crippen LogP contribution in [0.3, 0.4) is 0 Å². The average Bonchev–Trinajstić information content (AvgIpc) is 2.66. The van der Waals surface area contributed by atoms with Crippen LogP contribution < -0.4 is 5.32 Å². The third-order valence-electron chi connectivity index (χ3n) is 4.34. The standard InChI is InChI=1S/C17H22BClN2O2/c1-16(2)17(3,4)23-18(22-16)14(11-21-5)7-12-6-13(10-20)9-15(19)8-12/h6-9,21H,11H2,1-5H3. The first kappa shape index (κ1) is 18.0. The Kier molecular flexibility index (Phi) is 5.22. The minimum absolute atomic E-state index is 0.392. The van der Waals surface area contributed by atoms with Gasteiger partial charge in [0.2, 0.25) is 0 Å². The van der Waals surface area contributed by atoms with E-state index in [2.05, 4.69) is 11.4 Å². The van der Waals surface area contributed by atoms with Gasteiger partial charge in [-0.2, -0.15) is 5.26 Å². The van der Waals surface area contributed by atoms with Crippen LogP contribution in [0.4, 0.5) is 0 Å². The molecule has 6 heteroatoms.